The number of carbonyl (C=O) groups is 1. The minimum absolute atomic E-state index is 0.156. The van der Waals surface area contributed by atoms with Crippen molar-refractivity contribution in [2.45, 2.75) is 42.2 Å². The first-order valence-corrected chi connectivity index (χ1v) is 11.5. The summed E-state index contributed by atoms with van der Waals surface area (Å²) < 4.78 is 0. The lowest BCUT2D eigenvalue weighted by Gasteiger charge is -2.41. The van der Waals surface area contributed by atoms with Crippen molar-refractivity contribution in [1.29, 1.82) is 0 Å². The highest BCUT2D eigenvalue weighted by Crippen LogP contribution is 2.37. The fraction of sp³-hybridized carbons (Fsp3) is 0.364. The van der Waals surface area contributed by atoms with Gasteiger partial charge in [-0.25, -0.2) is 0 Å². The standard InChI is InChI=1S/C22H25N3O3S2/c1-30-15-9-7-14(8-10-15)25-19-16(11-17(26)20(27)18(19)24-22(25)29)21(28)23-12-13-5-3-2-4-6-13/h2-10,16-20,26-27H,11-12H2,1H3,(H,23,28)(H,24,29)/t16-,17-,18-,19-,20+/m1/s1. The Morgan fingerprint density at radius 1 is 1.20 bits per heavy atom. The molecule has 2 aliphatic rings. The number of aliphatic hydroxyl groups excluding tert-OH is 2. The van der Waals surface area contributed by atoms with Gasteiger partial charge in [-0.3, -0.25) is 4.79 Å². The zero-order valence-electron chi connectivity index (χ0n) is 16.6. The number of carbonyl (C=O) groups excluding carboxylic acids is 1. The molecule has 1 amide bonds. The SMILES string of the molecule is CSc1ccc(N2C(=S)N[C@H]3[C@@H](O)[C@H](O)C[C@@H](C(=O)NCc4ccccc4)[C@H]32)cc1. The van der Waals surface area contributed by atoms with Crippen LogP contribution in [0.5, 0.6) is 0 Å². The van der Waals surface area contributed by atoms with Crippen LogP contribution >= 0.6 is 24.0 Å². The fourth-order valence-electron chi connectivity index (χ4n) is 4.30. The van der Waals surface area contributed by atoms with Gasteiger partial charge in [0.15, 0.2) is 5.11 Å². The van der Waals surface area contributed by atoms with Crippen LogP contribution in [0.1, 0.15) is 12.0 Å². The fourth-order valence-corrected chi connectivity index (χ4v) is 5.07. The topological polar surface area (TPSA) is 84.8 Å². The van der Waals surface area contributed by atoms with Crippen molar-refractivity contribution in [2.24, 2.45) is 5.92 Å². The Bertz CT molecular complexity index is 910. The summed E-state index contributed by atoms with van der Waals surface area (Å²) in [6.07, 6.45) is 0.195. The van der Waals surface area contributed by atoms with Crippen LogP contribution in [-0.4, -0.2) is 51.8 Å². The molecule has 0 spiro atoms. The summed E-state index contributed by atoms with van der Waals surface area (Å²) in [7, 11) is 0. The molecule has 0 bridgehead atoms. The largest absolute Gasteiger partial charge is 0.390 e. The molecule has 1 saturated carbocycles. The number of hydrogen-bond acceptors (Lipinski definition) is 5. The second kappa shape index (κ2) is 8.93. The number of thioether (sulfide) groups is 1. The van der Waals surface area contributed by atoms with Gasteiger partial charge in [0.25, 0.3) is 0 Å². The Morgan fingerprint density at radius 2 is 1.90 bits per heavy atom. The number of aliphatic hydroxyl groups is 2. The van der Waals surface area contributed by atoms with E-state index in [1.165, 1.54) is 0 Å². The first-order valence-electron chi connectivity index (χ1n) is 9.91. The molecule has 8 heteroatoms. The lowest BCUT2D eigenvalue weighted by molar-refractivity contribution is -0.131. The van der Waals surface area contributed by atoms with Crippen LogP contribution in [0.25, 0.3) is 0 Å². The van der Waals surface area contributed by atoms with E-state index in [0.29, 0.717) is 11.7 Å². The summed E-state index contributed by atoms with van der Waals surface area (Å²) in [5.74, 6) is -0.678. The van der Waals surface area contributed by atoms with Crippen LogP contribution in [0.2, 0.25) is 0 Å². The van der Waals surface area contributed by atoms with Gasteiger partial charge in [0.1, 0.15) is 6.10 Å². The summed E-state index contributed by atoms with van der Waals surface area (Å²) in [4.78, 5) is 16.2. The van der Waals surface area contributed by atoms with Gasteiger partial charge in [0, 0.05) is 17.1 Å². The van der Waals surface area contributed by atoms with Crippen molar-refractivity contribution in [3.05, 3.63) is 60.2 Å². The molecule has 0 aromatic heterocycles. The molecule has 6 nitrogen and oxygen atoms in total. The number of rotatable bonds is 5. The van der Waals surface area contributed by atoms with E-state index in [-0.39, 0.29) is 18.4 Å². The molecule has 4 rings (SSSR count). The number of nitrogens with zero attached hydrogens (tertiary/aromatic N) is 1. The van der Waals surface area contributed by atoms with Gasteiger partial charge < -0.3 is 25.7 Å². The normalized spacial score (nSPS) is 28.0. The van der Waals surface area contributed by atoms with E-state index in [0.717, 1.165) is 16.1 Å². The molecular formula is C22H25N3O3S2. The monoisotopic (exact) mass is 443 g/mol. The zero-order valence-corrected chi connectivity index (χ0v) is 18.2. The summed E-state index contributed by atoms with van der Waals surface area (Å²) in [5.41, 5.74) is 1.87. The van der Waals surface area contributed by atoms with E-state index in [1.54, 1.807) is 11.8 Å². The summed E-state index contributed by atoms with van der Waals surface area (Å²) in [6, 6.07) is 16.7. The maximum atomic E-state index is 13.1. The molecule has 2 fully saturated rings. The first-order chi connectivity index (χ1) is 14.5. The molecular weight excluding hydrogens is 418 g/mol. The Balaban J connectivity index is 1.59. The number of benzene rings is 2. The van der Waals surface area contributed by atoms with Crippen LogP contribution in [0.15, 0.2) is 59.5 Å². The third-order valence-corrected chi connectivity index (χ3v) is 6.90. The quantitative estimate of drug-likeness (QED) is 0.415. The van der Waals surface area contributed by atoms with Crippen LogP contribution in [0, 0.1) is 5.92 Å². The highest BCUT2D eigenvalue weighted by Gasteiger charge is 2.53. The summed E-state index contributed by atoms with van der Waals surface area (Å²) in [6.45, 7) is 0.409. The molecule has 30 heavy (non-hydrogen) atoms. The molecule has 1 saturated heterocycles. The van der Waals surface area contributed by atoms with Crippen LogP contribution < -0.4 is 15.5 Å². The van der Waals surface area contributed by atoms with Crippen molar-refractivity contribution in [1.82, 2.24) is 10.6 Å². The van der Waals surface area contributed by atoms with E-state index in [4.69, 9.17) is 12.2 Å². The van der Waals surface area contributed by atoms with Gasteiger partial charge in [0.05, 0.1) is 24.1 Å². The minimum atomic E-state index is -0.999. The van der Waals surface area contributed by atoms with E-state index in [2.05, 4.69) is 10.6 Å². The number of thiocarbonyl (C=S) groups is 1. The van der Waals surface area contributed by atoms with E-state index in [9.17, 15) is 15.0 Å². The molecule has 1 heterocycles. The van der Waals surface area contributed by atoms with Crippen molar-refractivity contribution in [2.75, 3.05) is 11.2 Å². The second-order valence-corrected chi connectivity index (χ2v) is 8.90. The van der Waals surface area contributed by atoms with E-state index in [1.807, 2.05) is 65.8 Å². The smallest absolute Gasteiger partial charge is 0.225 e. The van der Waals surface area contributed by atoms with Crippen molar-refractivity contribution in [3.63, 3.8) is 0 Å². The predicted molar refractivity (Wildman–Crippen MR) is 122 cm³/mol. The number of fused-ring (bicyclic) bond motifs is 1. The van der Waals surface area contributed by atoms with Gasteiger partial charge in [-0.05, 0) is 54.7 Å². The number of anilines is 1. The summed E-state index contributed by atoms with van der Waals surface area (Å²) >= 11 is 7.21. The van der Waals surface area contributed by atoms with Gasteiger partial charge in [0.2, 0.25) is 5.91 Å². The number of hydrogen-bond donors (Lipinski definition) is 4. The van der Waals surface area contributed by atoms with Crippen molar-refractivity contribution >= 4 is 40.7 Å². The average molecular weight is 444 g/mol. The molecule has 0 radical (unpaired) electrons. The van der Waals surface area contributed by atoms with Crippen molar-refractivity contribution < 1.29 is 15.0 Å². The van der Waals surface area contributed by atoms with E-state index >= 15 is 0 Å². The van der Waals surface area contributed by atoms with Gasteiger partial charge in [-0.2, -0.15) is 0 Å². The summed E-state index contributed by atoms with van der Waals surface area (Å²) in [5, 5.41) is 27.6. The minimum Gasteiger partial charge on any atom is -0.390 e. The molecule has 2 aromatic carbocycles. The lowest BCUT2D eigenvalue weighted by atomic mass is 9.77. The van der Waals surface area contributed by atoms with Crippen LogP contribution in [0.3, 0.4) is 0 Å². The Kier molecular flexibility index (Phi) is 6.29. The Labute approximate surface area is 185 Å². The predicted octanol–water partition coefficient (Wildman–Crippen LogP) is 1.90. The van der Waals surface area contributed by atoms with Crippen LogP contribution in [-0.2, 0) is 11.3 Å². The number of amides is 1. The van der Waals surface area contributed by atoms with Gasteiger partial charge in [-0.15, -0.1) is 11.8 Å². The third kappa shape index (κ3) is 4.05. The molecule has 1 aliphatic carbocycles. The highest BCUT2D eigenvalue weighted by molar-refractivity contribution is 7.98. The Morgan fingerprint density at radius 3 is 2.57 bits per heavy atom. The third-order valence-electron chi connectivity index (χ3n) is 5.84. The molecule has 5 atom stereocenters. The van der Waals surface area contributed by atoms with Crippen molar-refractivity contribution in [3.8, 4) is 0 Å². The maximum Gasteiger partial charge on any atom is 0.225 e. The number of nitrogens with one attached hydrogen (secondary N) is 2. The first kappa shape index (κ1) is 21.1. The highest BCUT2D eigenvalue weighted by atomic mass is 32.2. The second-order valence-electron chi connectivity index (χ2n) is 7.64. The van der Waals surface area contributed by atoms with Gasteiger partial charge >= 0.3 is 0 Å². The average Bonchev–Trinajstić information content (AvgIpc) is 3.12. The molecule has 0 unspecified atom stereocenters. The molecule has 1 aliphatic heterocycles. The zero-order chi connectivity index (χ0) is 21.3. The molecule has 2 aromatic rings. The Hall–Kier alpha value is -2.13. The molecule has 158 valence electrons. The van der Waals surface area contributed by atoms with Crippen LogP contribution in [0.4, 0.5) is 5.69 Å². The maximum absolute atomic E-state index is 13.1. The van der Waals surface area contributed by atoms with E-state index < -0.39 is 24.2 Å². The molecule has 4 N–H and O–H groups in total. The van der Waals surface area contributed by atoms with Gasteiger partial charge in [-0.1, -0.05) is 30.3 Å². The lowest BCUT2D eigenvalue weighted by Crippen LogP contribution is -2.60.